The molecule has 1 fully saturated rings. The van der Waals surface area contributed by atoms with Crippen LogP contribution in [-0.4, -0.2) is 32.5 Å². The molecule has 116 valence electrons. The first-order chi connectivity index (χ1) is 10.5. The van der Waals surface area contributed by atoms with E-state index in [-0.39, 0.29) is 17.1 Å². The fourth-order valence-electron chi connectivity index (χ4n) is 2.47. The first-order valence-corrected chi connectivity index (χ1v) is 7.69. The number of carbonyl (C=O) groups excluding carboxylic acids is 1. The molecule has 0 bridgehead atoms. The Labute approximate surface area is 133 Å². The van der Waals surface area contributed by atoms with Crippen molar-refractivity contribution in [2.45, 2.75) is 25.5 Å². The minimum atomic E-state index is -0.425. The molecule has 1 amide bonds. The summed E-state index contributed by atoms with van der Waals surface area (Å²) in [5, 5.41) is 4.53. The highest BCUT2D eigenvalue weighted by Gasteiger charge is 2.43. The fourth-order valence-corrected chi connectivity index (χ4v) is 2.82. The van der Waals surface area contributed by atoms with Crippen molar-refractivity contribution >= 4 is 24.2 Å². The predicted molar refractivity (Wildman–Crippen MR) is 85.0 cm³/mol. The summed E-state index contributed by atoms with van der Waals surface area (Å²) < 4.78 is 14.8. The third-order valence-electron chi connectivity index (χ3n) is 3.77. The molecule has 0 radical (unpaired) electrons. The van der Waals surface area contributed by atoms with Gasteiger partial charge in [-0.25, -0.2) is 9.07 Å². The molecule has 1 aliphatic rings. The number of amides is 1. The van der Waals surface area contributed by atoms with Crippen LogP contribution in [0.25, 0.3) is 5.69 Å². The van der Waals surface area contributed by atoms with Gasteiger partial charge in [0.15, 0.2) is 0 Å². The van der Waals surface area contributed by atoms with Gasteiger partial charge in [0, 0.05) is 17.9 Å². The molecule has 7 heteroatoms. The first kappa shape index (κ1) is 15.0. The third kappa shape index (κ3) is 2.72. The lowest BCUT2D eigenvalue weighted by atomic mass is 10.3. The molecule has 2 aromatic rings. The number of anilines is 1. The molecule has 3 rings (SSSR count). The molecule has 5 nitrogen and oxygen atoms in total. The van der Waals surface area contributed by atoms with Crippen molar-refractivity contribution in [1.82, 2.24) is 14.8 Å². The van der Waals surface area contributed by atoms with Gasteiger partial charge in [0.05, 0.1) is 41.6 Å². The van der Waals surface area contributed by atoms with Crippen LogP contribution < -0.4 is 4.90 Å². The van der Waals surface area contributed by atoms with Crippen molar-refractivity contribution in [2.75, 3.05) is 11.4 Å². The molecule has 2 atom stereocenters. The number of carbonyl (C=O) groups is 1. The van der Waals surface area contributed by atoms with Gasteiger partial charge in [-0.2, -0.15) is 17.7 Å². The highest BCUT2D eigenvalue weighted by atomic mass is 32.1. The first-order valence-electron chi connectivity index (χ1n) is 7.18. The van der Waals surface area contributed by atoms with Gasteiger partial charge in [0.2, 0.25) is 5.91 Å². The molecule has 0 spiro atoms. The zero-order valence-electron chi connectivity index (χ0n) is 12.4. The maximum atomic E-state index is 13.3. The van der Waals surface area contributed by atoms with Crippen molar-refractivity contribution in [3.63, 3.8) is 0 Å². The van der Waals surface area contributed by atoms with E-state index < -0.39 is 5.82 Å². The molecule has 2 aromatic heterocycles. The van der Waals surface area contributed by atoms with Gasteiger partial charge >= 0.3 is 0 Å². The van der Waals surface area contributed by atoms with Gasteiger partial charge in [-0.1, -0.05) is 0 Å². The van der Waals surface area contributed by atoms with Gasteiger partial charge in [0.25, 0.3) is 0 Å². The molecule has 2 heterocycles. The van der Waals surface area contributed by atoms with Crippen LogP contribution in [-0.2, 0) is 4.79 Å². The Morgan fingerprint density at radius 3 is 2.86 bits per heavy atom. The van der Waals surface area contributed by atoms with Crippen LogP contribution in [0, 0.1) is 18.7 Å². The summed E-state index contributed by atoms with van der Waals surface area (Å²) in [7, 11) is 0. The van der Waals surface area contributed by atoms with E-state index >= 15 is 0 Å². The quantitative estimate of drug-likeness (QED) is 0.880. The summed E-state index contributed by atoms with van der Waals surface area (Å²) >= 11 is 4.34. The van der Waals surface area contributed by atoms with Gasteiger partial charge in [-0.05, 0) is 20.3 Å². The number of thiol groups is 1. The Bertz CT molecular complexity index is 717. The average molecular weight is 320 g/mol. The monoisotopic (exact) mass is 320 g/mol. The van der Waals surface area contributed by atoms with Crippen molar-refractivity contribution < 1.29 is 9.18 Å². The maximum absolute atomic E-state index is 13.3. The lowest BCUT2D eigenvalue weighted by Crippen LogP contribution is -2.32. The number of pyridine rings is 1. The summed E-state index contributed by atoms with van der Waals surface area (Å²) in [6.45, 7) is 4.32. The Morgan fingerprint density at radius 2 is 2.27 bits per heavy atom. The van der Waals surface area contributed by atoms with Crippen LogP contribution in [0.1, 0.15) is 19.0 Å². The average Bonchev–Trinajstić information content (AvgIpc) is 3.10. The van der Waals surface area contributed by atoms with Gasteiger partial charge in [0.1, 0.15) is 5.82 Å². The van der Waals surface area contributed by atoms with Crippen LogP contribution in [0.3, 0.4) is 0 Å². The van der Waals surface area contributed by atoms with E-state index in [1.54, 1.807) is 15.8 Å². The standard InChI is InChI=1S/C15H17FN4OS/c1-3-19(15(21)12-5-14(12)22)13-8-20(18-9(13)2)11-4-10(16)6-17-7-11/h4,6-8,12,14,22H,3,5H2,1-2H3/t12?,14-/m0/s1. The van der Waals surface area contributed by atoms with Gasteiger partial charge in [-0.3, -0.25) is 9.78 Å². The summed E-state index contributed by atoms with van der Waals surface area (Å²) in [6, 6.07) is 1.35. The normalized spacial score (nSPS) is 20.0. The zero-order valence-corrected chi connectivity index (χ0v) is 13.3. The highest BCUT2D eigenvalue weighted by molar-refractivity contribution is 7.81. The van der Waals surface area contributed by atoms with Crippen LogP contribution >= 0.6 is 12.6 Å². The third-order valence-corrected chi connectivity index (χ3v) is 4.35. The van der Waals surface area contributed by atoms with Crippen LogP contribution in [0.5, 0.6) is 0 Å². The van der Waals surface area contributed by atoms with Crippen molar-refractivity contribution in [3.8, 4) is 5.69 Å². The second kappa shape index (κ2) is 5.72. The second-order valence-corrected chi connectivity index (χ2v) is 6.06. The molecule has 0 N–H and O–H groups in total. The lowest BCUT2D eigenvalue weighted by molar-refractivity contribution is -0.119. The summed E-state index contributed by atoms with van der Waals surface area (Å²) in [6.07, 6.45) is 5.23. The number of halogens is 1. The summed E-state index contributed by atoms with van der Waals surface area (Å²) in [5.41, 5.74) is 1.98. The molecule has 1 unspecified atom stereocenters. The predicted octanol–water partition coefficient (Wildman–Crippen LogP) is 2.39. The summed E-state index contributed by atoms with van der Waals surface area (Å²) in [4.78, 5) is 18.0. The Balaban J connectivity index is 1.92. The molecule has 0 aromatic carbocycles. The number of aromatic nitrogens is 3. The molecular formula is C15H17FN4OS. The summed E-state index contributed by atoms with van der Waals surface area (Å²) in [5.74, 6) is -0.365. The molecule has 1 aliphatic carbocycles. The van der Waals surface area contributed by atoms with Gasteiger partial charge in [-0.15, -0.1) is 0 Å². The number of nitrogens with zero attached hydrogens (tertiary/aromatic N) is 4. The molecule has 0 saturated heterocycles. The Morgan fingerprint density at radius 1 is 1.55 bits per heavy atom. The van der Waals surface area contributed by atoms with Crippen LogP contribution in [0.15, 0.2) is 24.7 Å². The maximum Gasteiger partial charge on any atom is 0.231 e. The second-order valence-electron chi connectivity index (χ2n) is 5.40. The Kier molecular flexibility index (Phi) is 3.90. The number of aryl methyl sites for hydroxylation is 1. The SMILES string of the molecule is CCN(C(=O)C1C[C@@H]1S)c1cn(-c2cncc(F)c2)nc1C. The van der Waals surface area contributed by atoms with Crippen LogP contribution in [0.2, 0.25) is 0 Å². The lowest BCUT2D eigenvalue weighted by Gasteiger charge is -2.19. The van der Waals surface area contributed by atoms with Crippen LogP contribution in [0.4, 0.5) is 10.1 Å². The molecular weight excluding hydrogens is 303 g/mol. The minimum Gasteiger partial charge on any atom is -0.309 e. The Hall–Kier alpha value is -1.89. The smallest absolute Gasteiger partial charge is 0.231 e. The van der Waals surface area contributed by atoms with E-state index in [4.69, 9.17) is 0 Å². The molecule has 1 saturated carbocycles. The highest BCUT2D eigenvalue weighted by Crippen LogP contribution is 2.38. The number of rotatable bonds is 4. The van der Waals surface area contributed by atoms with E-state index in [0.717, 1.165) is 24.0 Å². The van der Waals surface area contributed by atoms with Crippen molar-refractivity contribution in [1.29, 1.82) is 0 Å². The number of hydrogen-bond donors (Lipinski definition) is 1. The number of hydrogen-bond acceptors (Lipinski definition) is 4. The van der Waals surface area contributed by atoms with E-state index in [1.807, 2.05) is 13.8 Å². The van der Waals surface area contributed by atoms with Crippen molar-refractivity contribution in [2.24, 2.45) is 5.92 Å². The van der Waals surface area contributed by atoms with E-state index in [9.17, 15) is 9.18 Å². The molecule has 22 heavy (non-hydrogen) atoms. The van der Waals surface area contributed by atoms with Gasteiger partial charge < -0.3 is 4.90 Å². The van der Waals surface area contributed by atoms with E-state index in [2.05, 4.69) is 22.7 Å². The topological polar surface area (TPSA) is 51.0 Å². The van der Waals surface area contributed by atoms with E-state index in [0.29, 0.717) is 12.2 Å². The fraction of sp³-hybridized carbons (Fsp3) is 0.400. The minimum absolute atomic E-state index is 0.0122. The van der Waals surface area contributed by atoms with Crippen molar-refractivity contribution in [3.05, 3.63) is 36.2 Å². The van der Waals surface area contributed by atoms with E-state index in [1.165, 1.54) is 12.3 Å². The molecule has 0 aliphatic heterocycles. The largest absolute Gasteiger partial charge is 0.309 e. The zero-order chi connectivity index (χ0) is 15.9.